The molecule has 146 valence electrons. The van der Waals surface area contributed by atoms with Gasteiger partial charge in [-0.25, -0.2) is 9.69 Å². The van der Waals surface area contributed by atoms with E-state index in [-0.39, 0.29) is 28.7 Å². The Morgan fingerprint density at radius 1 is 1.00 bits per heavy atom. The molecule has 4 nitrogen and oxygen atoms in total. The number of fused-ring (bicyclic) bond motifs is 1. The lowest BCUT2D eigenvalue weighted by Crippen LogP contribution is -2.63. The molecule has 1 saturated carbocycles. The SMILES string of the molecule is O=C1C2CC(Br)CCC2N(Cc2ccccc2Cl)C(=O)N1c1ccc(Cl)cc1. The van der Waals surface area contributed by atoms with Crippen LogP contribution < -0.4 is 4.90 Å². The van der Waals surface area contributed by atoms with Crippen molar-refractivity contribution >= 4 is 56.8 Å². The van der Waals surface area contributed by atoms with E-state index in [9.17, 15) is 9.59 Å². The molecule has 3 atom stereocenters. The fourth-order valence-electron chi connectivity index (χ4n) is 4.09. The molecule has 0 N–H and O–H groups in total. The number of imide groups is 1. The van der Waals surface area contributed by atoms with E-state index in [0.717, 1.165) is 18.4 Å². The number of rotatable bonds is 3. The number of urea groups is 1. The van der Waals surface area contributed by atoms with Crippen molar-refractivity contribution in [2.75, 3.05) is 4.90 Å². The first-order valence-electron chi connectivity index (χ1n) is 9.23. The van der Waals surface area contributed by atoms with Crippen LogP contribution in [-0.2, 0) is 11.3 Å². The van der Waals surface area contributed by atoms with Gasteiger partial charge in [0.1, 0.15) is 0 Å². The molecule has 0 radical (unpaired) electrons. The highest BCUT2D eigenvalue weighted by molar-refractivity contribution is 9.09. The Balaban J connectivity index is 1.72. The number of hydrogen-bond acceptors (Lipinski definition) is 2. The van der Waals surface area contributed by atoms with Gasteiger partial charge in [-0.05, 0) is 55.2 Å². The van der Waals surface area contributed by atoms with Crippen LogP contribution in [0.5, 0.6) is 0 Å². The molecule has 1 heterocycles. The zero-order valence-electron chi connectivity index (χ0n) is 15.0. The Morgan fingerprint density at radius 2 is 1.71 bits per heavy atom. The summed E-state index contributed by atoms with van der Waals surface area (Å²) in [7, 11) is 0. The maximum Gasteiger partial charge on any atom is 0.331 e. The average Bonchev–Trinajstić information content (AvgIpc) is 2.68. The third-order valence-electron chi connectivity index (χ3n) is 5.51. The van der Waals surface area contributed by atoms with Gasteiger partial charge in [0, 0.05) is 27.5 Å². The van der Waals surface area contributed by atoms with Crippen LogP contribution in [0.15, 0.2) is 48.5 Å². The molecule has 1 aliphatic heterocycles. The zero-order chi connectivity index (χ0) is 19.8. The summed E-state index contributed by atoms with van der Waals surface area (Å²) in [6.07, 6.45) is 2.43. The number of hydrogen-bond donors (Lipinski definition) is 0. The third kappa shape index (κ3) is 3.68. The lowest BCUT2D eigenvalue weighted by molar-refractivity contribution is -0.126. The first kappa shape index (κ1) is 19.7. The highest BCUT2D eigenvalue weighted by Gasteiger charge is 2.49. The van der Waals surface area contributed by atoms with Crippen LogP contribution in [0, 0.1) is 5.92 Å². The molecule has 1 saturated heterocycles. The Hall–Kier alpha value is -1.56. The first-order chi connectivity index (χ1) is 13.5. The zero-order valence-corrected chi connectivity index (χ0v) is 18.1. The number of halogens is 3. The number of anilines is 1. The summed E-state index contributed by atoms with van der Waals surface area (Å²) in [5, 5.41) is 1.18. The molecule has 2 aromatic rings. The van der Waals surface area contributed by atoms with Crippen molar-refractivity contribution in [1.82, 2.24) is 4.90 Å². The van der Waals surface area contributed by atoms with Crippen LogP contribution >= 0.6 is 39.1 Å². The highest BCUT2D eigenvalue weighted by atomic mass is 79.9. The Morgan fingerprint density at radius 3 is 2.43 bits per heavy atom. The van der Waals surface area contributed by atoms with Crippen LogP contribution in [0.2, 0.25) is 10.0 Å². The maximum atomic E-state index is 13.4. The summed E-state index contributed by atoms with van der Waals surface area (Å²) in [4.78, 5) is 30.1. The second-order valence-corrected chi connectivity index (χ2v) is 9.37. The van der Waals surface area contributed by atoms with Crippen molar-refractivity contribution in [1.29, 1.82) is 0 Å². The third-order valence-corrected chi connectivity index (χ3v) is 6.96. The van der Waals surface area contributed by atoms with Crippen LogP contribution in [0.4, 0.5) is 10.5 Å². The van der Waals surface area contributed by atoms with Gasteiger partial charge in [-0.15, -0.1) is 0 Å². The van der Waals surface area contributed by atoms with Crippen molar-refractivity contribution in [3.63, 3.8) is 0 Å². The highest BCUT2D eigenvalue weighted by Crippen LogP contribution is 2.39. The topological polar surface area (TPSA) is 40.6 Å². The molecule has 3 unspecified atom stereocenters. The number of carbonyl (C=O) groups is 2. The molecule has 0 aromatic heterocycles. The van der Waals surface area contributed by atoms with E-state index in [4.69, 9.17) is 23.2 Å². The van der Waals surface area contributed by atoms with E-state index < -0.39 is 0 Å². The van der Waals surface area contributed by atoms with Crippen LogP contribution in [-0.4, -0.2) is 27.7 Å². The summed E-state index contributed by atoms with van der Waals surface area (Å²) in [6, 6.07) is 13.9. The van der Waals surface area contributed by atoms with Gasteiger partial charge in [-0.1, -0.05) is 57.3 Å². The van der Waals surface area contributed by atoms with E-state index in [0.29, 0.717) is 28.7 Å². The molecule has 2 aromatic carbocycles. The monoisotopic (exact) mass is 480 g/mol. The lowest BCUT2D eigenvalue weighted by atomic mass is 9.80. The molecule has 4 rings (SSSR count). The smallest absolute Gasteiger partial charge is 0.316 e. The second kappa shape index (κ2) is 8.05. The van der Waals surface area contributed by atoms with Gasteiger partial charge in [0.25, 0.3) is 0 Å². The summed E-state index contributed by atoms with van der Waals surface area (Å²) >= 11 is 16.0. The molecule has 0 bridgehead atoms. The minimum atomic E-state index is -0.304. The molecular formula is C21H19BrCl2N2O2. The van der Waals surface area contributed by atoms with Crippen molar-refractivity contribution in [3.8, 4) is 0 Å². The molecule has 28 heavy (non-hydrogen) atoms. The van der Waals surface area contributed by atoms with Crippen molar-refractivity contribution in [3.05, 3.63) is 64.1 Å². The number of carbonyl (C=O) groups excluding carboxylic acids is 2. The van der Waals surface area contributed by atoms with Gasteiger partial charge < -0.3 is 4.90 Å². The quantitative estimate of drug-likeness (QED) is 0.512. The fourth-order valence-corrected chi connectivity index (χ4v) is 5.08. The predicted octanol–water partition coefficient (Wildman–Crippen LogP) is 5.89. The normalized spacial score (nSPS) is 25.0. The van der Waals surface area contributed by atoms with Gasteiger partial charge in [0.15, 0.2) is 0 Å². The minimum absolute atomic E-state index is 0.117. The summed E-state index contributed by atoms with van der Waals surface area (Å²) < 4.78 is 0. The maximum absolute atomic E-state index is 13.4. The van der Waals surface area contributed by atoms with Crippen molar-refractivity contribution in [2.24, 2.45) is 5.92 Å². The van der Waals surface area contributed by atoms with E-state index in [1.165, 1.54) is 4.90 Å². The predicted molar refractivity (Wildman–Crippen MR) is 115 cm³/mol. The number of amides is 3. The standard InChI is InChI=1S/C21H19BrCl2N2O2/c22-14-5-10-19-17(11-14)20(27)26(16-8-6-15(23)7-9-16)21(28)25(19)12-13-3-1-2-4-18(13)24/h1-4,6-9,14,17,19H,5,10-12H2. The van der Waals surface area contributed by atoms with Crippen LogP contribution in [0.25, 0.3) is 0 Å². The van der Waals surface area contributed by atoms with Gasteiger partial charge in [-0.2, -0.15) is 0 Å². The summed E-state index contributed by atoms with van der Waals surface area (Å²) in [6.45, 7) is 0.379. The fraction of sp³-hybridized carbons (Fsp3) is 0.333. The van der Waals surface area contributed by atoms with Crippen LogP contribution in [0.1, 0.15) is 24.8 Å². The summed E-state index contributed by atoms with van der Waals surface area (Å²) in [5.74, 6) is -0.383. The molecular weight excluding hydrogens is 463 g/mol. The largest absolute Gasteiger partial charge is 0.331 e. The van der Waals surface area contributed by atoms with E-state index in [1.807, 2.05) is 24.3 Å². The van der Waals surface area contributed by atoms with Crippen LogP contribution in [0.3, 0.4) is 0 Å². The molecule has 3 amide bonds. The second-order valence-electron chi connectivity index (χ2n) is 7.24. The first-order valence-corrected chi connectivity index (χ1v) is 10.9. The minimum Gasteiger partial charge on any atom is -0.316 e. The van der Waals surface area contributed by atoms with E-state index in [1.54, 1.807) is 29.2 Å². The number of alkyl halides is 1. The van der Waals surface area contributed by atoms with Crippen molar-refractivity contribution < 1.29 is 9.59 Å². The Bertz CT molecular complexity index is 906. The van der Waals surface area contributed by atoms with Crippen molar-refractivity contribution in [2.45, 2.75) is 36.7 Å². The Labute approximate surface area is 182 Å². The molecule has 2 aliphatic rings. The Kier molecular flexibility index (Phi) is 5.68. The molecule has 1 aliphatic carbocycles. The molecule has 2 fully saturated rings. The summed E-state index contributed by atoms with van der Waals surface area (Å²) in [5.41, 5.74) is 1.42. The van der Waals surface area contributed by atoms with Gasteiger partial charge in [0.05, 0.1) is 11.6 Å². The lowest BCUT2D eigenvalue weighted by Gasteiger charge is -2.47. The van der Waals surface area contributed by atoms with E-state index >= 15 is 0 Å². The number of benzene rings is 2. The molecule has 7 heteroatoms. The van der Waals surface area contributed by atoms with Gasteiger partial charge >= 0.3 is 6.03 Å². The van der Waals surface area contributed by atoms with Gasteiger partial charge in [0.2, 0.25) is 5.91 Å². The average molecular weight is 482 g/mol. The molecule has 0 spiro atoms. The van der Waals surface area contributed by atoms with E-state index in [2.05, 4.69) is 15.9 Å². The van der Waals surface area contributed by atoms with Gasteiger partial charge in [-0.3, -0.25) is 4.79 Å². The number of nitrogens with zero attached hydrogens (tertiary/aromatic N) is 2.